The molecule has 1 fully saturated rings. The fourth-order valence-electron chi connectivity index (χ4n) is 3.30. The summed E-state index contributed by atoms with van der Waals surface area (Å²) in [6.45, 7) is 5.70. The molecule has 0 saturated carbocycles. The van der Waals surface area contributed by atoms with E-state index in [0.717, 1.165) is 6.42 Å². The maximum atomic E-state index is 12.6. The summed E-state index contributed by atoms with van der Waals surface area (Å²) in [6, 6.07) is 17.4. The molecule has 0 amide bonds. The van der Waals surface area contributed by atoms with Gasteiger partial charge in [-0.2, -0.15) is 0 Å². The Morgan fingerprint density at radius 3 is 2.00 bits per heavy atom. The Kier molecular flexibility index (Phi) is 5.61. The predicted molar refractivity (Wildman–Crippen MR) is 100 cm³/mol. The Hall–Kier alpha value is -2.66. The van der Waals surface area contributed by atoms with E-state index in [2.05, 4.69) is 0 Å². The van der Waals surface area contributed by atoms with Gasteiger partial charge in [0.25, 0.3) is 0 Å². The number of esters is 2. The number of carbonyl (C=O) groups excluding carboxylic acids is 2. The Bertz CT molecular complexity index is 789. The van der Waals surface area contributed by atoms with Crippen molar-refractivity contribution in [1.29, 1.82) is 0 Å². The Balaban J connectivity index is 1.82. The second-order valence-electron chi connectivity index (χ2n) is 6.91. The molecule has 0 aromatic heterocycles. The van der Waals surface area contributed by atoms with Crippen molar-refractivity contribution in [1.82, 2.24) is 0 Å². The molecular formula is C22H24O5. The van der Waals surface area contributed by atoms with Gasteiger partial charge in [0.2, 0.25) is 6.29 Å². The summed E-state index contributed by atoms with van der Waals surface area (Å²) in [6.07, 6.45) is -0.427. The molecule has 1 heterocycles. The van der Waals surface area contributed by atoms with Crippen LogP contribution in [-0.4, -0.2) is 29.9 Å². The lowest BCUT2D eigenvalue weighted by Crippen LogP contribution is -2.46. The molecule has 1 saturated heterocycles. The lowest BCUT2D eigenvalue weighted by Gasteiger charge is -2.32. The molecule has 0 spiro atoms. The van der Waals surface area contributed by atoms with Gasteiger partial charge in [0.15, 0.2) is 5.60 Å². The highest BCUT2D eigenvalue weighted by atomic mass is 16.7. The summed E-state index contributed by atoms with van der Waals surface area (Å²) >= 11 is 0. The highest BCUT2D eigenvalue weighted by Gasteiger charge is 2.56. The molecule has 2 aromatic carbocycles. The van der Waals surface area contributed by atoms with Gasteiger partial charge < -0.3 is 14.2 Å². The van der Waals surface area contributed by atoms with Gasteiger partial charge in [-0.05, 0) is 37.6 Å². The standard InChI is InChI=1S/C22H24O5/c1-4-18-15(2)22(3,27-20(24)17-13-9-6-10-14-17)21(25-18)26-19(23)16-11-7-5-8-12-16/h5-15,18,21H,4H2,1-3H3/t15-,18-,21+,22-/m1/s1. The fraction of sp³-hybridized carbons (Fsp3) is 0.364. The van der Waals surface area contributed by atoms with Gasteiger partial charge in [0, 0.05) is 5.92 Å². The van der Waals surface area contributed by atoms with Crippen LogP contribution in [0.4, 0.5) is 0 Å². The van der Waals surface area contributed by atoms with Crippen LogP contribution < -0.4 is 0 Å². The molecule has 5 nitrogen and oxygen atoms in total. The van der Waals surface area contributed by atoms with Crippen LogP contribution in [0.3, 0.4) is 0 Å². The van der Waals surface area contributed by atoms with Crippen LogP contribution >= 0.6 is 0 Å². The number of hydrogen-bond acceptors (Lipinski definition) is 5. The SMILES string of the molecule is CC[C@H]1O[C@@H](OC(=O)c2ccccc2)[C@](C)(OC(=O)c2ccccc2)[C@@H]1C. The molecule has 1 aliphatic rings. The summed E-state index contributed by atoms with van der Waals surface area (Å²) in [5, 5.41) is 0. The lowest BCUT2D eigenvalue weighted by molar-refractivity contribution is -0.169. The number of carbonyl (C=O) groups is 2. The monoisotopic (exact) mass is 368 g/mol. The summed E-state index contributed by atoms with van der Waals surface area (Å²) in [7, 11) is 0. The van der Waals surface area contributed by atoms with E-state index in [9.17, 15) is 9.59 Å². The third-order valence-electron chi connectivity index (χ3n) is 5.18. The van der Waals surface area contributed by atoms with Gasteiger partial charge >= 0.3 is 11.9 Å². The number of rotatable bonds is 5. The number of ether oxygens (including phenoxy) is 3. The number of hydrogen-bond donors (Lipinski definition) is 0. The highest BCUT2D eigenvalue weighted by Crippen LogP contribution is 2.41. The molecule has 5 heteroatoms. The maximum Gasteiger partial charge on any atom is 0.340 e. The van der Waals surface area contributed by atoms with Gasteiger partial charge in [-0.25, -0.2) is 9.59 Å². The topological polar surface area (TPSA) is 61.8 Å². The van der Waals surface area contributed by atoms with Crippen molar-refractivity contribution in [2.45, 2.75) is 45.2 Å². The predicted octanol–water partition coefficient (Wildman–Crippen LogP) is 4.23. The van der Waals surface area contributed by atoms with Gasteiger partial charge in [0.05, 0.1) is 17.2 Å². The van der Waals surface area contributed by atoms with Crippen LogP contribution in [0.15, 0.2) is 60.7 Å². The third-order valence-corrected chi connectivity index (χ3v) is 5.18. The van der Waals surface area contributed by atoms with Gasteiger partial charge in [-0.15, -0.1) is 0 Å². The molecule has 27 heavy (non-hydrogen) atoms. The molecule has 0 radical (unpaired) electrons. The van der Waals surface area contributed by atoms with E-state index in [1.165, 1.54) is 0 Å². The van der Waals surface area contributed by atoms with Gasteiger partial charge in [-0.1, -0.05) is 50.2 Å². The summed E-state index contributed by atoms with van der Waals surface area (Å²) in [5.74, 6) is -1.11. The molecule has 2 aromatic rings. The minimum Gasteiger partial charge on any atom is -0.449 e. The van der Waals surface area contributed by atoms with Crippen molar-refractivity contribution in [2.75, 3.05) is 0 Å². The Morgan fingerprint density at radius 2 is 1.48 bits per heavy atom. The first-order valence-corrected chi connectivity index (χ1v) is 9.15. The van der Waals surface area contributed by atoms with Crippen molar-refractivity contribution in [3.63, 3.8) is 0 Å². The average molecular weight is 368 g/mol. The number of benzene rings is 2. The van der Waals surface area contributed by atoms with Gasteiger partial charge in [0.1, 0.15) is 0 Å². The molecule has 4 atom stereocenters. The molecule has 0 N–H and O–H groups in total. The molecule has 1 aliphatic heterocycles. The minimum absolute atomic E-state index is 0.135. The second kappa shape index (κ2) is 7.92. The summed E-state index contributed by atoms with van der Waals surface area (Å²) in [4.78, 5) is 25.1. The van der Waals surface area contributed by atoms with E-state index < -0.39 is 23.8 Å². The van der Waals surface area contributed by atoms with Crippen LogP contribution in [0.5, 0.6) is 0 Å². The van der Waals surface area contributed by atoms with Crippen LogP contribution in [0.2, 0.25) is 0 Å². The van der Waals surface area contributed by atoms with Crippen LogP contribution in [0.1, 0.15) is 47.9 Å². The van der Waals surface area contributed by atoms with Crippen LogP contribution in [0, 0.1) is 5.92 Å². The first kappa shape index (κ1) is 19.1. The van der Waals surface area contributed by atoms with Crippen molar-refractivity contribution < 1.29 is 23.8 Å². The first-order chi connectivity index (χ1) is 13.0. The van der Waals surface area contributed by atoms with E-state index in [1.54, 1.807) is 55.5 Å². The summed E-state index contributed by atoms with van der Waals surface area (Å²) in [5.41, 5.74) is -0.220. The summed E-state index contributed by atoms with van der Waals surface area (Å²) < 4.78 is 17.4. The zero-order chi connectivity index (χ0) is 19.4. The van der Waals surface area contributed by atoms with E-state index in [1.807, 2.05) is 26.0 Å². The molecule has 142 valence electrons. The van der Waals surface area contributed by atoms with Gasteiger partial charge in [-0.3, -0.25) is 0 Å². The Labute approximate surface area is 159 Å². The highest BCUT2D eigenvalue weighted by molar-refractivity contribution is 5.90. The van der Waals surface area contributed by atoms with Crippen molar-refractivity contribution >= 4 is 11.9 Å². The van der Waals surface area contributed by atoms with Crippen molar-refractivity contribution in [3.05, 3.63) is 71.8 Å². The zero-order valence-electron chi connectivity index (χ0n) is 15.8. The molecule has 0 bridgehead atoms. The van der Waals surface area contributed by atoms with Crippen molar-refractivity contribution in [2.24, 2.45) is 5.92 Å². The van der Waals surface area contributed by atoms with Crippen LogP contribution in [-0.2, 0) is 14.2 Å². The second-order valence-corrected chi connectivity index (χ2v) is 6.91. The molecular weight excluding hydrogens is 344 g/mol. The third kappa shape index (κ3) is 3.88. The zero-order valence-corrected chi connectivity index (χ0v) is 15.8. The van der Waals surface area contributed by atoms with E-state index >= 15 is 0 Å². The van der Waals surface area contributed by atoms with E-state index in [0.29, 0.717) is 11.1 Å². The molecule has 3 rings (SSSR count). The normalized spacial score (nSPS) is 27.1. The molecule has 0 aliphatic carbocycles. The van der Waals surface area contributed by atoms with Crippen LogP contribution in [0.25, 0.3) is 0 Å². The first-order valence-electron chi connectivity index (χ1n) is 9.15. The van der Waals surface area contributed by atoms with E-state index in [4.69, 9.17) is 14.2 Å². The fourth-order valence-corrected chi connectivity index (χ4v) is 3.30. The molecule has 0 unspecified atom stereocenters. The largest absolute Gasteiger partial charge is 0.449 e. The van der Waals surface area contributed by atoms with E-state index in [-0.39, 0.29) is 12.0 Å². The quantitative estimate of drug-likeness (QED) is 0.739. The lowest BCUT2D eigenvalue weighted by atomic mass is 9.87. The Morgan fingerprint density at radius 1 is 0.963 bits per heavy atom. The maximum absolute atomic E-state index is 12.6. The smallest absolute Gasteiger partial charge is 0.340 e. The average Bonchev–Trinajstić information content (AvgIpc) is 2.93. The van der Waals surface area contributed by atoms with Crippen molar-refractivity contribution in [3.8, 4) is 0 Å². The minimum atomic E-state index is -1.09.